The van der Waals surface area contributed by atoms with Gasteiger partial charge in [0.1, 0.15) is 5.03 Å². The molecule has 0 saturated carbocycles. The lowest BCUT2D eigenvalue weighted by Crippen LogP contribution is -2.37. The fourth-order valence-electron chi connectivity index (χ4n) is 1.62. The number of imide groups is 1. The number of primary amides is 1. The molecule has 0 bridgehead atoms. The SMILES string of the molecule is NC(=O)NC(=O)COC(=O)c1cccnc1Sc1ccc(Cl)cc1. The first-order valence-corrected chi connectivity index (χ1v) is 7.80. The Labute approximate surface area is 146 Å². The van der Waals surface area contributed by atoms with Gasteiger partial charge in [-0.05, 0) is 36.4 Å². The summed E-state index contributed by atoms with van der Waals surface area (Å²) < 4.78 is 4.86. The van der Waals surface area contributed by atoms with E-state index in [1.54, 1.807) is 35.6 Å². The summed E-state index contributed by atoms with van der Waals surface area (Å²) in [6, 6.07) is 9.11. The van der Waals surface area contributed by atoms with Crippen LogP contribution >= 0.6 is 23.4 Å². The van der Waals surface area contributed by atoms with Gasteiger partial charge >= 0.3 is 12.0 Å². The summed E-state index contributed by atoms with van der Waals surface area (Å²) in [6.07, 6.45) is 1.54. The first-order chi connectivity index (χ1) is 11.5. The lowest BCUT2D eigenvalue weighted by atomic mass is 10.3. The van der Waals surface area contributed by atoms with Crippen molar-refractivity contribution in [1.29, 1.82) is 0 Å². The summed E-state index contributed by atoms with van der Waals surface area (Å²) in [5.74, 6) is -1.55. The number of amides is 3. The van der Waals surface area contributed by atoms with Crippen molar-refractivity contribution in [3.8, 4) is 0 Å². The van der Waals surface area contributed by atoms with Crippen LogP contribution in [0.15, 0.2) is 52.5 Å². The number of hydrogen-bond donors (Lipinski definition) is 2. The Kier molecular flexibility index (Phi) is 6.16. The maximum Gasteiger partial charge on any atom is 0.341 e. The van der Waals surface area contributed by atoms with Crippen LogP contribution < -0.4 is 11.1 Å². The second-order valence-corrected chi connectivity index (χ2v) is 5.90. The Morgan fingerprint density at radius 2 is 1.92 bits per heavy atom. The Morgan fingerprint density at radius 3 is 2.58 bits per heavy atom. The lowest BCUT2D eigenvalue weighted by molar-refractivity contribution is -0.123. The van der Waals surface area contributed by atoms with E-state index in [9.17, 15) is 14.4 Å². The lowest BCUT2D eigenvalue weighted by Gasteiger charge is -2.08. The van der Waals surface area contributed by atoms with E-state index in [1.165, 1.54) is 24.0 Å². The van der Waals surface area contributed by atoms with Crippen molar-refractivity contribution in [2.75, 3.05) is 6.61 Å². The Hall–Kier alpha value is -2.58. The average Bonchev–Trinajstić information content (AvgIpc) is 2.54. The van der Waals surface area contributed by atoms with E-state index in [0.29, 0.717) is 10.0 Å². The third-order valence-electron chi connectivity index (χ3n) is 2.62. The quantitative estimate of drug-likeness (QED) is 0.786. The van der Waals surface area contributed by atoms with Crippen LogP contribution in [0.25, 0.3) is 0 Å². The number of urea groups is 1. The van der Waals surface area contributed by atoms with Gasteiger partial charge in [-0.25, -0.2) is 14.6 Å². The van der Waals surface area contributed by atoms with Crippen LogP contribution in [0.3, 0.4) is 0 Å². The number of nitrogens with zero attached hydrogens (tertiary/aromatic N) is 1. The molecule has 0 spiro atoms. The van der Waals surface area contributed by atoms with E-state index >= 15 is 0 Å². The van der Waals surface area contributed by atoms with Crippen LogP contribution in [-0.4, -0.2) is 29.5 Å². The number of aromatic nitrogens is 1. The van der Waals surface area contributed by atoms with Gasteiger partial charge in [0.15, 0.2) is 6.61 Å². The van der Waals surface area contributed by atoms with E-state index in [-0.39, 0.29) is 5.56 Å². The summed E-state index contributed by atoms with van der Waals surface area (Å²) in [7, 11) is 0. The van der Waals surface area contributed by atoms with Gasteiger partial charge < -0.3 is 10.5 Å². The fraction of sp³-hybridized carbons (Fsp3) is 0.0667. The first-order valence-electron chi connectivity index (χ1n) is 6.60. The largest absolute Gasteiger partial charge is 0.452 e. The summed E-state index contributed by atoms with van der Waals surface area (Å²) >= 11 is 7.08. The number of nitrogens with two attached hydrogens (primary N) is 1. The molecule has 3 amide bonds. The van der Waals surface area contributed by atoms with Gasteiger partial charge in [-0.3, -0.25) is 10.1 Å². The number of benzene rings is 1. The first kappa shape index (κ1) is 17.8. The molecule has 0 fully saturated rings. The number of halogens is 1. The predicted octanol–water partition coefficient (Wildman–Crippen LogP) is 2.24. The molecule has 0 radical (unpaired) electrons. The molecule has 124 valence electrons. The van der Waals surface area contributed by atoms with Crippen LogP contribution in [0.1, 0.15) is 10.4 Å². The molecule has 0 unspecified atom stereocenters. The summed E-state index contributed by atoms with van der Waals surface area (Å²) in [5, 5.41) is 2.81. The molecule has 1 heterocycles. The van der Waals surface area contributed by atoms with Crippen molar-refractivity contribution >= 4 is 41.3 Å². The van der Waals surface area contributed by atoms with Crippen LogP contribution in [-0.2, 0) is 9.53 Å². The Balaban J connectivity index is 2.07. The molecular weight excluding hydrogens is 354 g/mol. The van der Waals surface area contributed by atoms with Gasteiger partial charge in [-0.1, -0.05) is 23.4 Å². The number of rotatable bonds is 5. The van der Waals surface area contributed by atoms with Gasteiger partial charge in [0.25, 0.3) is 5.91 Å². The van der Waals surface area contributed by atoms with Crippen molar-refractivity contribution in [1.82, 2.24) is 10.3 Å². The van der Waals surface area contributed by atoms with Crippen molar-refractivity contribution in [2.45, 2.75) is 9.92 Å². The fourth-order valence-corrected chi connectivity index (χ4v) is 2.62. The molecular formula is C15H12ClN3O4S. The Morgan fingerprint density at radius 1 is 1.21 bits per heavy atom. The van der Waals surface area contributed by atoms with Gasteiger partial charge in [-0.2, -0.15) is 0 Å². The zero-order valence-electron chi connectivity index (χ0n) is 12.2. The van der Waals surface area contributed by atoms with E-state index in [1.807, 2.05) is 0 Å². The normalized spacial score (nSPS) is 10.0. The van der Waals surface area contributed by atoms with E-state index < -0.39 is 24.5 Å². The van der Waals surface area contributed by atoms with Crippen molar-refractivity contribution in [2.24, 2.45) is 5.73 Å². The highest BCUT2D eigenvalue weighted by Gasteiger charge is 2.16. The number of carbonyl (C=O) groups excluding carboxylic acids is 3. The molecule has 3 N–H and O–H groups in total. The highest BCUT2D eigenvalue weighted by Crippen LogP contribution is 2.29. The van der Waals surface area contributed by atoms with Crippen LogP contribution in [0.4, 0.5) is 4.79 Å². The van der Waals surface area contributed by atoms with Crippen molar-refractivity contribution in [3.63, 3.8) is 0 Å². The molecule has 9 heteroatoms. The molecule has 1 aromatic carbocycles. The van der Waals surface area contributed by atoms with Gasteiger partial charge in [-0.15, -0.1) is 0 Å². The van der Waals surface area contributed by atoms with Gasteiger partial charge in [0, 0.05) is 16.1 Å². The second kappa shape index (κ2) is 8.32. The third kappa shape index (κ3) is 5.25. The molecule has 0 aliphatic carbocycles. The number of esters is 1. The number of hydrogen-bond acceptors (Lipinski definition) is 6. The zero-order chi connectivity index (χ0) is 17.5. The van der Waals surface area contributed by atoms with Crippen molar-refractivity contribution < 1.29 is 19.1 Å². The molecule has 2 rings (SSSR count). The highest BCUT2D eigenvalue weighted by molar-refractivity contribution is 7.99. The number of nitrogens with one attached hydrogen (secondary N) is 1. The monoisotopic (exact) mass is 365 g/mol. The molecule has 0 aliphatic heterocycles. The minimum absolute atomic E-state index is 0.198. The summed E-state index contributed by atoms with van der Waals surface area (Å²) in [6.45, 7) is -0.623. The van der Waals surface area contributed by atoms with Gasteiger partial charge in [0.2, 0.25) is 0 Å². The molecule has 2 aromatic rings. The molecule has 1 aromatic heterocycles. The smallest absolute Gasteiger partial charge is 0.341 e. The van der Waals surface area contributed by atoms with E-state index in [0.717, 1.165) is 4.90 Å². The topological polar surface area (TPSA) is 111 Å². The molecule has 7 nitrogen and oxygen atoms in total. The molecule has 0 aliphatic rings. The third-order valence-corrected chi connectivity index (χ3v) is 3.89. The molecule has 0 atom stereocenters. The predicted molar refractivity (Wildman–Crippen MR) is 87.8 cm³/mol. The number of pyridine rings is 1. The van der Waals surface area contributed by atoms with Gasteiger partial charge in [0.05, 0.1) is 5.56 Å². The van der Waals surface area contributed by atoms with E-state index in [2.05, 4.69) is 4.98 Å². The summed E-state index contributed by atoms with van der Waals surface area (Å²) in [4.78, 5) is 38.9. The van der Waals surface area contributed by atoms with Crippen LogP contribution in [0.2, 0.25) is 5.02 Å². The highest BCUT2D eigenvalue weighted by atomic mass is 35.5. The molecule has 24 heavy (non-hydrogen) atoms. The standard InChI is InChI=1S/C15H12ClN3O4S/c16-9-3-5-10(6-4-9)24-13-11(2-1-7-18-13)14(21)23-8-12(20)19-15(17)22/h1-7H,8H2,(H3,17,19,20,22). The molecule has 0 saturated heterocycles. The number of carbonyl (C=O) groups is 3. The zero-order valence-corrected chi connectivity index (χ0v) is 13.8. The van der Waals surface area contributed by atoms with Crippen molar-refractivity contribution in [3.05, 3.63) is 53.2 Å². The summed E-state index contributed by atoms with van der Waals surface area (Å²) in [5.41, 5.74) is 5.00. The van der Waals surface area contributed by atoms with Crippen LogP contribution in [0, 0.1) is 0 Å². The number of ether oxygens (including phenoxy) is 1. The maximum atomic E-state index is 12.1. The Bertz CT molecular complexity index is 768. The van der Waals surface area contributed by atoms with Crippen LogP contribution in [0.5, 0.6) is 0 Å². The minimum atomic E-state index is -1.02. The van der Waals surface area contributed by atoms with E-state index in [4.69, 9.17) is 22.1 Å². The second-order valence-electron chi connectivity index (χ2n) is 4.40. The minimum Gasteiger partial charge on any atom is -0.452 e. The average molecular weight is 366 g/mol. The maximum absolute atomic E-state index is 12.1.